The molecular formula is C23H21FN4O. The van der Waals surface area contributed by atoms with E-state index in [9.17, 15) is 4.39 Å². The van der Waals surface area contributed by atoms with Crippen LogP contribution < -0.4 is 4.74 Å². The lowest BCUT2D eigenvalue weighted by Crippen LogP contribution is -2.20. The topological polar surface area (TPSA) is 63.7 Å². The Morgan fingerprint density at radius 2 is 1.83 bits per heavy atom. The fraction of sp³-hybridized carbons (Fsp3) is 0.261. The number of hydrogen-bond donors (Lipinski definition) is 1. The van der Waals surface area contributed by atoms with Crippen molar-refractivity contribution in [3.63, 3.8) is 0 Å². The van der Waals surface area contributed by atoms with Gasteiger partial charge in [0, 0.05) is 24.0 Å². The molecule has 0 aliphatic heterocycles. The van der Waals surface area contributed by atoms with E-state index in [-0.39, 0.29) is 11.9 Å². The van der Waals surface area contributed by atoms with Gasteiger partial charge in [0.15, 0.2) is 5.65 Å². The number of H-pyrrole nitrogens is 1. The highest BCUT2D eigenvalue weighted by molar-refractivity contribution is 5.76. The van der Waals surface area contributed by atoms with Crippen molar-refractivity contribution in [3.05, 3.63) is 60.7 Å². The minimum Gasteiger partial charge on any atom is -0.474 e. The first-order valence-corrected chi connectivity index (χ1v) is 10.00. The van der Waals surface area contributed by atoms with Crippen LogP contribution in [0, 0.1) is 5.82 Å². The molecule has 1 aliphatic carbocycles. The summed E-state index contributed by atoms with van der Waals surface area (Å²) in [6.45, 7) is 0. The SMILES string of the molecule is Fc1cc(-c2ccc(OC3CCCCC3)nc2)ccc1-c1nc2ncccc2[nH]1. The Bertz CT molecular complexity index is 1100. The molecule has 6 heteroatoms. The van der Waals surface area contributed by atoms with Crippen molar-refractivity contribution in [1.82, 2.24) is 19.9 Å². The first-order valence-electron chi connectivity index (χ1n) is 10.00. The molecule has 146 valence electrons. The van der Waals surface area contributed by atoms with Gasteiger partial charge in [0.1, 0.15) is 17.7 Å². The number of rotatable bonds is 4. The summed E-state index contributed by atoms with van der Waals surface area (Å²) in [5.41, 5.74) is 3.37. The molecule has 1 N–H and O–H groups in total. The molecule has 1 saturated carbocycles. The largest absolute Gasteiger partial charge is 0.474 e. The van der Waals surface area contributed by atoms with Gasteiger partial charge >= 0.3 is 0 Å². The summed E-state index contributed by atoms with van der Waals surface area (Å²) in [5.74, 6) is 0.758. The molecule has 0 radical (unpaired) electrons. The number of benzene rings is 1. The molecule has 1 fully saturated rings. The molecule has 0 bridgehead atoms. The predicted octanol–water partition coefficient (Wildman–Crippen LogP) is 5.54. The summed E-state index contributed by atoms with van der Waals surface area (Å²) >= 11 is 0. The second-order valence-corrected chi connectivity index (χ2v) is 7.42. The molecule has 5 rings (SSSR count). The van der Waals surface area contributed by atoms with E-state index >= 15 is 0 Å². The van der Waals surface area contributed by atoms with Gasteiger partial charge < -0.3 is 9.72 Å². The summed E-state index contributed by atoms with van der Waals surface area (Å²) in [5, 5.41) is 0. The lowest BCUT2D eigenvalue weighted by molar-refractivity contribution is 0.148. The van der Waals surface area contributed by atoms with Gasteiger partial charge in [0.2, 0.25) is 5.88 Å². The maximum Gasteiger partial charge on any atom is 0.213 e. The molecule has 0 atom stereocenters. The van der Waals surface area contributed by atoms with Crippen molar-refractivity contribution < 1.29 is 9.13 Å². The van der Waals surface area contributed by atoms with Crippen molar-refractivity contribution >= 4 is 11.2 Å². The maximum atomic E-state index is 14.8. The zero-order valence-electron chi connectivity index (χ0n) is 15.9. The van der Waals surface area contributed by atoms with Crippen LogP contribution in [0.1, 0.15) is 32.1 Å². The van der Waals surface area contributed by atoms with Crippen molar-refractivity contribution in [3.8, 4) is 28.4 Å². The van der Waals surface area contributed by atoms with E-state index in [2.05, 4.69) is 19.9 Å². The van der Waals surface area contributed by atoms with E-state index < -0.39 is 0 Å². The standard InChI is InChI=1S/C23H21FN4O/c24-19-13-15(8-10-18(19)22-27-20-7-4-12-25-23(20)28-22)16-9-11-21(26-14-16)29-17-5-2-1-3-6-17/h4,7-14,17H,1-3,5-6H2,(H,25,27,28). The van der Waals surface area contributed by atoms with E-state index in [0.29, 0.717) is 22.9 Å². The molecule has 29 heavy (non-hydrogen) atoms. The minimum atomic E-state index is -0.343. The predicted molar refractivity (Wildman–Crippen MR) is 110 cm³/mol. The van der Waals surface area contributed by atoms with Gasteiger partial charge in [-0.1, -0.05) is 12.5 Å². The van der Waals surface area contributed by atoms with Crippen LogP contribution >= 0.6 is 0 Å². The lowest BCUT2D eigenvalue weighted by Gasteiger charge is -2.22. The van der Waals surface area contributed by atoms with E-state index in [1.54, 1.807) is 18.5 Å². The summed E-state index contributed by atoms with van der Waals surface area (Å²) < 4.78 is 20.8. The van der Waals surface area contributed by atoms with E-state index in [1.165, 1.54) is 25.3 Å². The van der Waals surface area contributed by atoms with Crippen LogP contribution in [0.15, 0.2) is 54.9 Å². The molecule has 4 aromatic rings. The number of ether oxygens (including phenoxy) is 1. The van der Waals surface area contributed by atoms with Crippen LogP contribution in [0.2, 0.25) is 0 Å². The van der Waals surface area contributed by atoms with Crippen molar-refractivity contribution in [2.24, 2.45) is 0 Å². The summed E-state index contributed by atoms with van der Waals surface area (Å²) in [6.07, 6.45) is 9.57. The number of halogens is 1. The summed E-state index contributed by atoms with van der Waals surface area (Å²) in [4.78, 5) is 16.1. The van der Waals surface area contributed by atoms with Gasteiger partial charge in [-0.2, -0.15) is 0 Å². The number of hydrogen-bond acceptors (Lipinski definition) is 4. The van der Waals surface area contributed by atoms with E-state index in [4.69, 9.17) is 4.74 Å². The third-order valence-corrected chi connectivity index (χ3v) is 5.39. The molecule has 3 heterocycles. The molecule has 3 aromatic heterocycles. The first kappa shape index (κ1) is 17.8. The first-order chi connectivity index (χ1) is 14.3. The second-order valence-electron chi connectivity index (χ2n) is 7.42. The van der Waals surface area contributed by atoms with Crippen molar-refractivity contribution in [1.29, 1.82) is 0 Å². The average Bonchev–Trinajstić information content (AvgIpc) is 3.19. The number of pyridine rings is 2. The number of fused-ring (bicyclic) bond motifs is 1. The van der Waals surface area contributed by atoms with Gasteiger partial charge in [0.05, 0.1) is 11.1 Å². The van der Waals surface area contributed by atoms with Crippen molar-refractivity contribution in [2.75, 3.05) is 0 Å². The number of nitrogens with zero attached hydrogens (tertiary/aromatic N) is 3. The second kappa shape index (κ2) is 7.62. The smallest absolute Gasteiger partial charge is 0.213 e. The Labute approximate surface area is 168 Å². The normalized spacial score (nSPS) is 14.9. The Morgan fingerprint density at radius 3 is 2.59 bits per heavy atom. The Balaban J connectivity index is 1.36. The molecule has 1 aliphatic rings. The third kappa shape index (κ3) is 3.70. The van der Waals surface area contributed by atoms with E-state index in [1.807, 2.05) is 30.3 Å². The van der Waals surface area contributed by atoms with Gasteiger partial charge in [-0.25, -0.2) is 19.3 Å². The highest BCUT2D eigenvalue weighted by Gasteiger charge is 2.16. The van der Waals surface area contributed by atoms with Crippen LogP contribution in [0.4, 0.5) is 4.39 Å². The molecule has 5 nitrogen and oxygen atoms in total. The number of aromatic amines is 1. The van der Waals surface area contributed by atoms with Crippen LogP contribution in [0.3, 0.4) is 0 Å². The summed E-state index contributed by atoms with van der Waals surface area (Å²) in [6, 6.07) is 12.6. The van der Waals surface area contributed by atoms with Crippen LogP contribution in [-0.2, 0) is 0 Å². The molecule has 0 unspecified atom stereocenters. The van der Waals surface area contributed by atoms with Gasteiger partial charge in [-0.15, -0.1) is 0 Å². The van der Waals surface area contributed by atoms with Crippen LogP contribution in [-0.4, -0.2) is 26.0 Å². The number of nitrogens with one attached hydrogen (secondary N) is 1. The number of imidazole rings is 1. The molecule has 0 spiro atoms. The van der Waals surface area contributed by atoms with Gasteiger partial charge in [-0.3, -0.25) is 0 Å². The maximum absolute atomic E-state index is 14.8. The quantitative estimate of drug-likeness (QED) is 0.499. The highest BCUT2D eigenvalue weighted by Crippen LogP contribution is 2.28. The average molecular weight is 388 g/mol. The zero-order valence-corrected chi connectivity index (χ0v) is 15.9. The number of aromatic nitrogens is 4. The third-order valence-electron chi connectivity index (χ3n) is 5.39. The molecule has 0 saturated heterocycles. The zero-order chi connectivity index (χ0) is 19.6. The molecule has 0 amide bonds. The fourth-order valence-electron chi connectivity index (χ4n) is 3.83. The van der Waals surface area contributed by atoms with Gasteiger partial charge in [0.25, 0.3) is 0 Å². The highest BCUT2D eigenvalue weighted by atomic mass is 19.1. The Kier molecular flexibility index (Phi) is 4.68. The minimum absolute atomic E-state index is 0.261. The Morgan fingerprint density at radius 1 is 0.966 bits per heavy atom. The molecular weight excluding hydrogens is 367 g/mol. The van der Waals surface area contributed by atoms with Gasteiger partial charge in [-0.05, 0) is 61.6 Å². The molecule has 1 aromatic carbocycles. The van der Waals surface area contributed by atoms with E-state index in [0.717, 1.165) is 29.5 Å². The monoisotopic (exact) mass is 388 g/mol. The lowest BCUT2D eigenvalue weighted by atomic mass is 9.98. The van der Waals surface area contributed by atoms with Crippen LogP contribution in [0.5, 0.6) is 5.88 Å². The van der Waals surface area contributed by atoms with Crippen LogP contribution in [0.25, 0.3) is 33.7 Å². The van der Waals surface area contributed by atoms with Crippen molar-refractivity contribution in [2.45, 2.75) is 38.2 Å². The fourth-order valence-corrected chi connectivity index (χ4v) is 3.83. The summed E-state index contributed by atoms with van der Waals surface area (Å²) in [7, 11) is 0. The Hall–Kier alpha value is -3.28.